The fourth-order valence-corrected chi connectivity index (χ4v) is 4.27. The minimum Gasteiger partial charge on any atom is -0.396 e. The minimum absolute atomic E-state index is 0.113. The van der Waals surface area contributed by atoms with Crippen LogP contribution in [0, 0.1) is 12.8 Å². The van der Waals surface area contributed by atoms with Gasteiger partial charge in [0.15, 0.2) is 5.03 Å². The fourth-order valence-electron chi connectivity index (χ4n) is 2.72. The number of aromatic nitrogens is 2. The SMILES string of the molecule is CCn1cc(S(=O)(=O)N2CCCC(CCO)C2)nc1C. The van der Waals surface area contributed by atoms with Gasteiger partial charge in [0.1, 0.15) is 5.82 Å². The molecule has 1 aliphatic heterocycles. The van der Waals surface area contributed by atoms with Crippen molar-refractivity contribution in [3.05, 3.63) is 12.0 Å². The van der Waals surface area contributed by atoms with E-state index in [1.54, 1.807) is 6.20 Å². The zero-order valence-electron chi connectivity index (χ0n) is 12.1. The molecule has 1 aliphatic rings. The Labute approximate surface area is 120 Å². The smallest absolute Gasteiger partial charge is 0.262 e. The highest BCUT2D eigenvalue weighted by Gasteiger charge is 2.31. The third-order valence-electron chi connectivity index (χ3n) is 3.92. The Kier molecular flexibility index (Phi) is 4.82. The van der Waals surface area contributed by atoms with Gasteiger partial charge < -0.3 is 9.67 Å². The van der Waals surface area contributed by atoms with Gasteiger partial charge in [0.2, 0.25) is 0 Å². The molecule has 6 nitrogen and oxygen atoms in total. The number of hydrogen-bond donors (Lipinski definition) is 1. The van der Waals surface area contributed by atoms with Crippen molar-refractivity contribution in [1.82, 2.24) is 13.9 Å². The lowest BCUT2D eigenvalue weighted by Crippen LogP contribution is -2.40. The monoisotopic (exact) mass is 301 g/mol. The zero-order valence-corrected chi connectivity index (χ0v) is 12.9. The normalized spacial score (nSPS) is 21.2. The Hall–Kier alpha value is -0.920. The Bertz CT molecular complexity index is 551. The van der Waals surface area contributed by atoms with E-state index in [-0.39, 0.29) is 17.6 Å². The summed E-state index contributed by atoms with van der Waals surface area (Å²) < 4.78 is 28.6. The average molecular weight is 301 g/mol. The van der Waals surface area contributed by atoms with E-state index in [2.05, 4.69) is 4.98 Å². The molecule has 0 radical (unpaired) electrons. The number of aliphatic hydroxyl groups excluding tert-OH is 1. The van der Waals surface area contributed by atoms with Crippen molar-refractivity contribution in [3.63, 3.8) is 0 Å². The summed E-state index contributed by atoms with van der Waals surface area (Å²) >= 11 is 0. The average Bonchev–Trinajstić information content (AvgIpc) is 2.81. The predicted molar refractivity (Wildman–Crippen MR) is 75.8 cm³/mol. The highest BCUT2D eigenvalue weighted by molar-refractivity contribution is 7.89. The van der Waals surface area contributed by atoms with Crippen LogP contribution >= 0.6 is 0 Å². The number of aryl methyl sites for hydroxylation is 2. The van der Waals surface area contributed by atoms with Gasteiger partial charge in [-0.25, -0.2) is 13.4 Å². The number of aliphatic hydroxyl groups is 1. The van der Waals surface area contributed by atoms with Crippen LogP contribution in [0.25, 0.3) is 0 Å². The summed E-state index contributed by atoms with van der Waals surface area (Å²) in [5, 5.41) is 9.15. The maximum Gasteiger partial charge on any atom is 0.262 e. The first-order valence-electron chi connectivity index (χ1n) is 7.13. The molecule has 20 heavy (non-hydrogen) atoms. The molecule has 1 atom stereocenters. The number of sulfonamides is 1. The van der Waals surface area contributed by atoms with Crippen LogP contribution in [0.1, 0.15) is 32.0 Å². The largest absolute Gasteiger partial charge is 0.396 e. The van der Waals surface area contributed by atoms with Crippen molar-refractivity contribution in [2.75, 3.05) is 19.7 Å². The van der Waals surface area contributed by atoms with Crippen LogP contribution in [0.2, 0.25) is 0 Å². The van der Waals surface area contributed by atoms with E-state index in [0.717, 1.165) is 18.7 Å². The van der Waals surface area contributed by atoms with Crippen molar-refractivity contribution >= 4 is 10.0 Å². The lowest BCUT2D eigenvalue weighted by atomic mass is 9.97. The van der Waals surface area contributed by atoms with E-state index in [4.69, 9.17) is 5.11 Å². The van der Waals surface area contributed by atoms with E-state index >= 15 is 0 Å². The molecule has 2 rings (SSSR count). The molecular weight excluding hydrogens is 278 g/mol. The second kappa shape index (κ2) is 6.24. The maximum absolute atomic E-state index is 12.6. The summed E-state index contributed by atoms with van der Waals surface area (Å²) in [5.74, 6) is 0.966. The molecule has 0 aliphatic carbocycles. The molecule has 7 heteroatoms. The molecule has 1 fully saturated rings. The predicted octanol–water partition coefficient (Wildman–Crippen LogP) is 0.995. The van der Waals surface area contributed by atoms with Gasteiger partial charge in [0.25, 0.3) is 10.0 Å². The van der Waals surface area contributed by atoms with Gasteiger partial charge in [0.05, 0.1) is 0 Å². The second-order valence-corrected chi connectivity index (χ2v) is 7.18. The standard InChI is InChI=1S/C13H23N3O3S/c1-3-15-10-13(14-11(15)2)20(18,19)16-7-4-5-12(9-16)6-8-17/h10,12,17H,3-9H2,1-2H3. The van der Waals surface area contributed by atoms with Gasteiger partial charge in [-0.3, -0.25) is 0 Å². The van der Waals surface area contributed by atoms with Crippen LogP contribution in [0.4, 0.5) is 0 Å². The Morgan fingerprint density at radius 3 is 2.85 bits per heavy atom. The maximum atomic E-state index is 12.6. The molecule has 1 N–H and O–H groups in total. The van der Waals surface area contributed by atoms with Crippen LogP contribution < -0.4 is 0 Å². The molecular formula is C13H23N3O3S. The zero-order chi connectivity index (χ0) is 14.8. The lowest BCUT2D eigenvalue weighted by Gasteiger charge is -2.31. The first kappa shape index (κ1) is 15.5. The molecule has 1 aromatic heterocycles. The van der Waals surface area contributed by atoms with Gasteiger partial charge in [-0.05, 0) is 39.0 Å². The van der Waals surface area contributed by atoms with Crippen molar-refractivity contribution in [2.24, 2.45) is 5.92 Å². The minimum atomic E-state index is -3.51. The number of hydrogen-bond acceptors (Lipinski definition) is 4. The summed E-state index contributed by atoms with van der Waals surface area (Å²) in [6, 6.07) is 0. The third-order valence-corrected chi connectivity index (χ3v) is 5.65. The summed E-state index contributed by atoms with van der Waals surface area (Å²) in [5.41, 5.74) is 0. The molecule has 0 aromatic carbocycles. The van der Waals surface area contributed by atoms with E-state index in [0.29, 0.717) is 26.1 Å². The highest BCUT2D eigenvalue weighted by atomic mass is 32.2. The van der Waals surface area contributed by atoms with Gasteiger partial charge in [-0.15, -0.1) is 0 Å². The van der Waals surface area contributed by atoms with E-state index in [1.807, 2.05) is 18.4 Å². The van der Waals surface area contributed by atoms with E-state index in [9.17, 15) is 8.42 Å². The van der Waals surface area contributed by atoms with Crippen molar-refractivity contribution in [3.8, 4) is 0 Å². The quantitative estimate of drug-likeness (QED) is 0.880. The van der Waals surface area contributed by atoms with Crippen LogP contribution in [-0.2, 0) is 16.6 Å². The molecule has 0 bridgehead atoms. The van der Waals surface area contributed by atoms with Gasteiger partial charge in [-0.1, -0.05) is 0 Å². The Morgan fingerprint density at radius 2 is 2.25 bits per heavy atom. The van der Waals surface area contributed by atoms with Crippen LogP contribution in [0.15, 0.2) is 11.2 Å². The van der Waals surface area contributed by atoms with Crippen LogP contribution in [-0.4, -0.2) is 47.1 Å². The Morgan fingerprint density at radius 1 is 1.50 bits per heavy atom. The van der Waals surface area contributed by atoms with Crippen molar-refractivity contribution < 1.29 is 13.5 Å². The van der Waals surface area contributed by atoms with Crippen molar-refractivity contribution in [2.45, 2.75) is 44.7 Å². The first-order valence-corrected chi connectivity index (χ1v) is 8.57. The number of nitrogens with zero attached hydrogens (tertiary/aromatic N) is 3. The highest BCUT2D eigenvalue weighted by Crippen LogP contribution is 2.25. The summed E-state index contributed by atoms with van der Waals surface area (Å²) in [7, 11) is -3.51. The van der Waals surface area contributed by atoms with Crippen molar-refractivity contribution in [1.29, 1.82) is 0 Å². The topological polar surface area (TPSA) is 75.4 Å². The molecule has 1 saturated heterocycles. The third kappa shape index (κ3) is 3.05. The molecule has 0 saturated carbocycles. The van der Waals surface area contributed by atoms with Crippen LogP contribution in [0.3, 0.4) is 0 Å². The fraction of sp³-hybridized carbons (Fsp3) is 0.769. The van der Waals surface area contributed by atoms with Crippen LogP contribution in [0.5, 0.6) is 0 Å². The lowest BCUT2D eigenvalue weighted by molar-refractivity contribution is 0.202. The molecule has 114 valence electrons. The molecule has 1 unspecified atom stereocenters. The first-order chi connectivity index (χ1) is 9.48. The number of rotatable bonds is 5. The molecule has 0 spiro atoms. The van der Waals surface area contributed by atoms with E-state index in [1.165, 1.54) is 4.31 Å². The van der Waals surface area contributed by atoms with Gasteiger partial charge in [0, 0.05) is 32.4 Å². The van der Waals surface area contributed by atoms with Gasteiger partial charge >= 0.3 is 0 Å². The molecule has 2 heterocycles. The molecule has 0 amide bonds. The molecule has 1 aromatic rings. The van der Waals surface area contributed by atoms with Gasteiger partial charge in [-0.2, -0.15) is 4.31 Å². The number of imidazole rings is 1. The second-order valence-electron chi connectivity index (χ2n) is 5.30. The summed E-state index contributed by atoms with van der Waals surface area (Å²) in [6.45, 7) is 5.63. The van der Waals surface area contributed by atoms with E-state index < -0.39 is 10.0 Å². The Balaban J connectivity index is 2.20. The summed E-state index contributed by atoms with van der Waals surface area (Å²) in [6.07, 6.45) is 4.10. The number of piperidine rings is 1. The summed E-state index contributed by atoms with van der Waals surface area (Å²) in [4.78, 5) is 4.18.